The lowest BCUT2D eigenvalue weighted by atomic mass is 9.92. The molecule has 3 aromatic heterocycles. The van der Waals surface area contributed by atoms with Gasteiger partial charge in [0.25, 0.3) is 11.5 Å². The lowest BCUT2D eigenvalue weighted by Gasteiger charge is -2.38. The van der Waals surface area contributed by atoms with E-state index >= 15 is 0 Å². The number of nitrogens with zero attached hydrogens (tertiary/aromatic N) is 7. The third-order valence-electron chi connectivity index (χ3n) is 11.5. The van der Waals surface area contributed by atoms with E-state index in [-0.39, 0.29) is 30.5 Å². The highest BCUT2D eigenvalue weighted by atomic mass is 35.5. The van der Waals surface area contributed by atoms with Crippen molar-refractivity contribution in [2.24, 2.45) is 5.92 Å². The summed E-state index contributed by atoms with van der Waals surface area (Å²) in [5.74, 6) is 1.88. The first-order chi connectivity index (χ1) is 26.8. The third kappa shape index (κ3) is 8.63. The highest BCUT2D eigenvalue weighted by molar-refractivity contribution is 6.31. The lowest BCUT2D eigenvalue weighted by molar-refractivity contribution is 0.0888. The Labute approximate surface area is 335 Å². The molecule has 1 aliphatic carbocycles. The smallest absolute Gasteiger partial charge is 0.332 e. The molecule has 2 aliphatic heterocycles. The van der Waals surface area contributed by atoms with Crippen LogP contribution in [-0.4, -0.2) is 80.0 Å². The normalized spacial score (nSPS) is 19.6. The SMILES string of the molecule is Cl.N#Cc1ccc(OC2CCC(NC(=O)c3ccc(N4CCC(CN5CCC(n6ccc7c(-n8ccc(=O)[nH]c8=O)cccc76)CC5)CC4)nn3)CC2)cc1Cl. The van der Waals surface area contributed by atoms with Crippen LogP contribution in [0.4, 0.5) is 5.82 Å². The molecule has 13 nitrogen and oxygen atoms in total. The molecular weight excluding hydrogens is 753 g/mol. The quantitative estimate of drug-likeness (QED) is 0.186. The van der Waals surface area contributed by atoms with E-state index in [1.807, 2.05) is 18.2 Å². The Morgan fingerprint density at radius 2 is 1.70 bits per heavy atom. The van der Waals surface area contributed by atoms with Crippen LogP contribution in [0, 0.1) is 17.2 Å². The van der Waals surface area contributed by atoms with Crippen LogP contribution in [0.3, 0.4) is 0 Å². The first-order valence-corrected chi connectivity index (χ1v) is 19.6. The molecule has 2 saturated heterocycles. The third-order valence-corrected chi connectivity index (χ3v) is 11.8. The zero-order chi connectivity index (χ0) is 37.9. The molecule has 15 heteroatoms. The highest BCUT2D eigenvalue weighted by Gasteiger charge is 2.28. The average Bonchev–Trinajstić information content (AvgIpc) is 3.64. The van der Waals surface area contributed by atoms with Gasteiger partial charge in [-0.2, -0.15) is 5.26 Å². The van der Waals surface area contributed by atoms with Crippen LogP contribution in [0.1, 0.15) is 73.5 Å². The van der Waals surface area contributed by atoms with Crippen LogP contribution < -0.4 is 26.2 Å². The van der Waals surface area contributed by atoms with Crippen molar-refractivity contribution in [1.29, 1.82) is 5.26 Å². The number of likely N-dealkylation sites (tertiary alicyclic amines) is 1. The van der Waals surface area contributed by atoms with Crippen molar-refractivity contribution in [2.75, 3.05) is 37.6 Å². The van der Waals surface area contributed by atoms with Crippen molar-refractivity contribution in [2.45, 2.75) is 69.6 Å². The first-order valence-electron chi connectivity index (χ1n) is 19.2. The van der Waals surface area contributed by atoms with Crippen LogP contribution >= 0.6 is 24.0 Å². The van der Waals surface area contributed by atoms with E-state index in [4.69, 9.17) is 21.6 Å². The number of benzene rings is 2. The molecule has 0 bridgehead atoms. The fourth-order valence-electron chi connectivity index (χ4n) is 8.45. The fraction of sp³-hybridized carbons (Fsp3) is 0.415. The van der Waals surface area contributed by atoms with Gasteiger partial charge in [-0.15, -0.1) is 22.6 Å². The number of aromatic nitrogens is 5. The largest absolute Gasteiger partial charge is 0.490 e. The number of aromatic amines is 1. The first kappa shape index (κ1) is 39.1. The monoisotopic (exact) mass is 797 g/mol. The fourth-order valence-corrected chi connectivity index (χ4v) is 8.66. The van der Waals surface area contributed by atoms with Gasteiger partial charge in [0.15, 0.2) is 11.5 Å². The van der Waals surface area contributed by atoms with Crippen LogP contribution in [0.2, 0.25) is 5.02 Å². The molecular formula is C41H45Cl2N9O4. The van der Waals surface area contributed by atoms with Gasteiger partial charge in [-0.05, 0) is 99.7 Å². The molecule has 1 saturated carbocycles. The molecule has 0 atom stereocenters. The molecule has 1 amide bonds. The van der Waals surface area contributed by atoms with E-state index in [9.17, 15) is 14.4 Å². The maximum absolute atomic E-state index is 13.0. The van der Waals surface area contributed by atoms with E-state index in [1.54, 1.807) is 24.3 Å². The molecule has 0 unspecified atom stereocenters. The van der Waals surface area contributed by atoms with Crippen molar-refractivity contribution in [3.63, 3.8) is 0 Å². The molecule has 56 heavy (non-hydrogen) atoms. The van der Waals surface area contributed by atoms with Gasteiger partial charge in [0.2, 0.25) is 0 Å². The van der Waals surface area contributed by atoms with Gasteiger partial charge in [0.1, 0.15) is 11.8 Å². The second-order valence-corrected chi connectivity index (χ2v) is 15.4. The van der Waals surface area contributed by atoms with Crippen LogP contribution in [-0.2, 0) is 0 Å². The minimum atomic E-state index is -0.440. The van der Waals surface area contributed by atoms with E-state index in [1.165, 1.54) is 16.8 Å². The minimum Gasteiger partial charge on any atom is -0.490 e. The second-order valence-electron chi connectivity index (χ2n) is 15.0. The van der Waals surface area contributed by atoms with Crippen molar-refractivity contribution < 1.29 is 9.53 Å². The van der Waals surface area contributed by atoms with E-state index in [0.717, 1.165) is 106 Å². The Bertz CT molecular complexity index is 2310. The predicted molar refractivity (Wildman–Crippen MR) is 217 cm³/mol. The molecule has 5 aromatic rings. The van der Waals surface area contributed by atoms with Gasteiger partial charge in [-0.25, -0.2) is 4.79 Å². The molecule has 2 N–H and O–H groups in total. The van der Waals surface area contributed by atoms with Gasteiger partial charge >= 0.3 is 5.69 Å². The highest BCUT2D eigenvalue weighted by Crippen LogP contribution is 2.32. The number of H-pyrrole nitrogens is 1. The molecule has 8 rings (SSSR count). The zero-order valence-electron chi connectivity index (χ0n) is 31.0. The van der Waals surface area contributed by atoms with Crippen LogP contribution in [0.15, 0.2) is 82.6 Å². The minimum absolute atomic E-state index is 0. The molecule has 5 heterocycles. The topological polar surface area (TPSA) is 154 Å². The Morgan fingerprint density at radius 3 is 2.39 bits per heavy atom. The van der Waals surface area contributed by atoms with Crippen LogP contribution in [0.25, 0.3) is 16.6 Å². The van der Waals surface area contributed by atoms with E-state index < -0.39 is 11.2 Å². The zero-order valence-corrected chi connectivity index (χ0v) is 32.6. The summed E-state index contributed by atoms with van der Waals surface area (Å²) in [6, 6.07) is 20.7. The van der Waals surface area contributed by atoms with Crippen molar-refractivity contribution in [3.8, 4) is 17.5 Å². The summed E-state index contributed by atoms with van der Waals surface area (Å²) in [6.07, 6.45) is 11.2. The second kappa shape index (κ2) is 17.3. The van der Waals surface area contributed by atoms with Gasteiger partial charge in [-0.3, -0.25) is 19.1 Å². The number of ether oxygens (including phenoxy) is 1. The molecule has 0 radical (unpaired) electrons. The molecule has 3 aliphatic rings. The number of hydrogen-bond donors (Lipinski definition) is 2. The number of nitrogens with one attached hydrogen (secondary N) is 2. The van der Waals surface area contributed by atoms with Crippen LogP contribution in [0.5, 0.6) is 5.75 Å². The summed E-state index contributed by atoms with van der Waals surface area (Å²) in [5, 5.41) is 22.3. The lowest BCUT2D eigenvalue weighted by Crippen LogP contribution is -2.42. The Kier molecular flexibility index (Phi) is 12.1. The van der Waals surface area contributed by atoms with Gasteiger partial charge < -0.3 is 24.4 Å². The van der Waals surface area contributed by atoms with E-state index in [2.05, 4.69) is 59.3 Å². The van der Waals surface area contributed by atoms with Gasteiger partial charge in [-0.1, -0.05) is 17.7 Å². The Balaban J connectivity index is 0.00000480. The maximum atomic E-state index is 13.0. The molecule has 3 fully saturated rings. The predicted octanol–water partition coefficient (Wildman–Crippen LogP) is 5.89. The summed E-state index contributed by atoms with van der Waals surface area (Å²) < 4.78 is 9.93. The summed E-state index contributed by atoms with van der Waals surface area (Å²) >= 11 is 6.15. The number of carbonyl (C=O) groups excluding carboxylic acids is 1. The number of fused-ring (bicyclic) bond motifs is 1. The number of rotatable bonds is 9. The van der Waals surface area contributed by atoms with Gasteiger partial charge in [0, 0.05) is 74.7 Å². The summed E-state index contributed by atoms with van der Waals surface area (Å²) in [5.41, 5.74) is 1.76. The van der Waals surface area contributed by atoms with Crippen molar-refractivity contribution in [1.82, 2.24) is 34.5 Å². The average molecular weight is 799 g/mol. The summed E-state index contributed by atoms with van der Waals surface area (Å²) in [7, 11) is 0. The molecule has 292 valence electrons. The van der Waals surface area contributed by atoms with E-state index in [0.29, 0.717) is 34.0 Å². The summed E-state index contributed by atoms with van der Waals surface area (Å²) in [4.78, 5) is 44.3. The maximum Gasteiger partial charge on any atom is 0.332 e. The number of hydrogen-bond acceptors (Lipinski definition) is 9. The van der Waals surface area contributed by atoms with Gasteiger partial charge in [0.05, 0.1) is 27.9 Å². The Morgan fingerprint density at radius 1 is 0.911 bits per heavy atom. The number of piperidine rings is 2. The summed E-state index contributed by atoms with van der Waals surface area (Å²) in [6.45, 7) is 5.01. The number of anilines is 1. The van der Waals surface area contributed by atoms with Crippen molar-refractivity contribution in [3.05, 3.63) is 110 Å². The molecule has 0 spiro atoms. The Hall–Kier alpha value is -5.16. The number of halogens is 2. The number of nitriles is 1. The molecule has 2 aromatic carbocycles. The standard InChI is InChI=1S/C41H44ClN9O4.ClH/c42-34-24-32(7-4-28(34)25-43)55-31-8-5-29(6-9-31)44-40(53)35-10-11-38(47-46-35)49-20-12-27(13-21-49)26-48-18-14-30(15-19-48)50-22-16-33-36(50)2-1-3-37(33)51-23-17-39(52)45-41(51)54;/h1-4,7,10-11,16-17,22-24,27,29-31H,5-6,8-9,12-15,18-21,26H2,(H,44,53)(H,45,52,54);1H. The number of amides is 1. The number of carbonyl (C=O) groups is 1. The van der Waals surface area contributed by atoms with Crippen molar-refractivity contribution >= 4 is 46.6 Å².